The summed E-state index contributed by atoms with van der Waals surface area (Å²) in [4.78, 5) is 42.4. The minimum atomic E-state index is -0.666. The van der Waals surface area contributed by atoms with Crippen LogP contribution in [-0.4, -0.2) is 93.7 Å². The van der Waals surface area contributed by atoms with Crippen molar-refractivity contribution in [3.8, 4) is 5.75 Å². The summed E-state index contributed by atoms with van der Waals surface area (Å²) in [5, 5.41) is 2.75. The van der Waals surface area contributed by atoms with Gasteiger partial charge in [0.1, 0.15) is 11.8 Å². The lowest BCUT2D eigenvalue weighted by molar-refractivity contribution is -0.147. The molecule has 3 rings (SSSR count). The van der Waals surface area contributed by atoms with E-state index in [1.807, 2.05) is 29.2 Å². The molecule has 158 valence electrons. The Kier molecular flexibility index (Phi) is 6.92. The molecule has 0 unspecified atom stereocenters. The molecule has 0 aliphatic carbocycles. The zero-order valence-electron chi connectivity index (χ0n) is 16.9. The van der Waals surface area contributed by atoms with Crippen molar-refractivity contribution in [2.75, 3.05) is 64.9 Å². The molecule has 9 nitrogen and oxygen atoms in total. The minimum Gasteiger partial charge on any atom is -0.497 e. The van der Waals surface area contributed by atoms with Gasteiger partial charge in [-0.05, 0) is 24.3 Å². The van der Waals surface area contributed by atoms with Crippen molar-refractivity contribution >= 4 is 23.5 Å². The molecule has 2 aliphatic rings. The molecule has 2 fully saturated rings. The number of carbonyl (C=O) groups is 3. The molecule has 2 heterocycles. The average Bonchev–Trinajstić information content (AvgIpc) is 2.76. The predicted molar refractivity (Wildman–Crippen MR) is 107 cm³/mol. The number of hydrogen-bond donors (Lipinski definition) is 1. The van der Waals surface area contributed by atoms with Crippen LogP contribution < -0.4 is 15.0 Å². The molecular weight excluding hydrogens is 376 g/mol. The standard InChI is InChI=1S/C20H28N4O5/c1-28-16-5-3-15(4-6-16)22-9-11-23(12-10-22)18(25)14-24-8-7-21-20(27)17(24)13-19(26)29-2/h3-6,17H,7-14H2,1-2H3,(H,21,27)/t17-/m0/s1. The van der Waals surface area contributed by atoms with Gasteiger partial charge in [0, 0.05) is 45.0 Å². The second-order valence-electron chi connectivity index (χ2n) is 7.12. The van der Waals surface area contributed by atoms with Gasteiger partial charge in [-0.1, -0.05) is 0 Å². The normalized spacial score (nSPS) is 20.2. The largest absolute Gasteiger partial charge is 0.497 e. The van der Waals surface area contributed by atoms with E-state index < -0.39 is 12.0 Å². The third-order valence-corrected chi connectivity index (χ3v) is 5.44. The Morgan fingerprint density at radius 3 is 2.38 bits per heavy atom. The Labute approximate surface area is 170 Å². The molecule has 1 aromatic carbocycles. The van der Waals surface area contributed by atoms with Crippen LogP contribution in [0, 0.1) is 0 Å². The summed E-state index contributed by atoms with van der Waals surface area (Å²) in [6.45, 7) is 3.84. The van der Waals surface area contributed by atoms with Crippen LogP contribution in [0.4, 0.5) is 5.69 Å². The summed E-state index contributed by atoms with van der Waals surface area (Å²) in [6.07, 6.45) is -0.0547. The first kappa shape index (κ1) is 20.9. The highest BCUT2D eigenvalue weighted by atomic mass is 16.5. The molecule has 0 aromatic heterocycles. The SMILES string of the molecule is COC(=O)C[C@H]1C(=O)NCCN1CC(=O)N1CCN(c2ccc(OC)cc2)CC1. The number of amides is 2. The summed E-state index contributed by atoms with van der Waals surface area (Å²) in [5.41, 5.74) is 1.10. The molecule has 9 heteroatoms. The van der Waals surface area contributed by atoms with Crippen molar-refractivity contribution in [1.82, 2.24) is 15.1 Å². The van der Waals surface area contributed by atoms with Gasteiger partial charge in [0.15, 0.2) is 0 Å². The van der Waals surface area contributed by atoms with Crippen molar-refractivity contribution in [2.24, 2.45) is 0 Å². The number of carbonyl (C=O) groups excluding carboxylic acids is 3. The summed E-state index contributed by atoms with van der Waals surface area (Å²) >= 11 is 0. The van der Waals surface area contributed by atoms with E-state index in [0.29, 0.717) is 26.2 Å². The van der Waals surface area contributed by atoms with Gasteiger partial charge in [-0.2, -0.15) is 0 Å². The van der Waals surface area contributed by atoms with Crippen molar-refractivity contribution in [3.63, 3.8) is 0 Å². The Morgan fingerprint density at radius 1 is 1.07 bits per heavy atom. The molecule has 1 aromatic rings. The molecular formula is C20H28N4O5. The maximum absolute atomic E-state index is 12.8. The fourth-order valence-corrected chi connectivity index (χ4v) is 3.70. The zero-order valence-corrected chi connectivity index (χ0v) is 16.9. The topological polar surface area (TPSA) is 91.4 Å². The van der Waals surface area contributed by atoms with Crippen molar-refractivity contribution in [1.29, 1.82) is 0 Å². The molecule has 2 aliphatic heterocycles. The monoisotopic (exact) mass is 404 g/mol. The summed E-state index contributed by atoms with van der Waals surface area (Å²) in [7, 11) is 2.93. The predicted octanol–water partition coefficient (Wildman–Crippen LogP) is -0.293. The van der Waals surface area contributed by atoms with Crippen molar-refractivity contribution in [3.05, 3.63) is 24.3 Å². The average molecular weight is 404 g/mol. The molecule has 1 atom stereocenters. The quantitative estimate of drug-likeness (QED) is 0.652. The van der Waals surface area contributed by atoms with Gasteiger partial charge >= 0.3 is 5.97 Å². The summed E-state index contributed by atoms with van der Waals surface area (Å²) in [6, 6.07) is 7.21. The van der Waals surface area contributed by atoms with E-state index in [-0.39, 0.29) is 24.8 Å². The molecule has 0 saturated carbocycles. The third-order valence-electron chi connectivity index (χ3n) is 5.44. The number of rotatable bonds is 6. The van der Waals surface area contributed by atoms with Crippen LogP contribution in [0.25, 0.3) is 0 Å². The third kappa shape index (κ3) is 5.17. The Bertz CT molecular complexity index is 731. The van der Waals surface area contributed by atoms with Crippen molar-refractivity contribution in [2.45, 2.75) is 12.5 Å². The molecule has 1 N–H and O–H groups in total. The van der Waals surface area contributed by atoms with E-state index in [1.54, 1.807) is 12.0 Å². The van der Waals surface area contributed by atoms with Crippen LogP contribution in [0.3, 0.4) is 0 Å². The van der Waals surface area contributed by atoms with E-state index in [1.165, 1.54) is 7.11 Å². The van der Waals surface area contributed by atoms with Gasteiger partial charge in [0.05, 0.1) is 27.2 Å². The fraction of sp³-hybridized carbons (Fsp3) is 0.550. The lowest BCUT2D eigenvalue weighted by Gasteiger charge is -2.39. The lowest BCUT2D eigenvalue weighted by Crippen LogP contribution is -2.59. The molecule has 2 amide bonds. The van der Waals surface area contributed by atoms with Crippen LogP contribution >= 0.6 is 0 Å². The fourth-order valence-electron chi connectivity index (χ4n) is 3.70. The van der Waals surface area contributed by atoms with E-state index in [2.05, 4.69) is 15.0 Å². The highest BCUT2D eigenvalue weighted by Crippen LogP contribution is 2.20. The summed E-state index contributed by atoms with van der Waals surface area (Å²) < 4.78 is 9.88. The van der Waals surface area contributed by atoms with Crippen molar-refractivity contribution < 1.29 is 23.9 Å². The van der Waals surface area contributed by atoms with Gasteiger partial charge < -0.3 is 24.6 Å². The number of ether oxygens (including phenoxy) is 2. The molecule has 2 saturated heterocycles. The summed E-state index contributed by atoms with van der Waals surface area (Å²) in [5.74, 6) is 0.0926. The number of nitrogens with zero attached hydrogens (tertiary/aromatic N) is 3. The van der Waals surface area contributed by atoms with Crippen LogP contribution in [0.1, 0.15) is 6.42 Å². The molecule has 29 heavy (non-hydrogen) atoms. The van der Waals surface area contributed by atoms with Gasteiger partial charge in [0.2, 0.25) is 11.8 Å². The first-order valence-electron chi connectivity index (χ1n) is 9.77. The number of anilines is 1. The minimum absolute atomic E-state index is 0.0241. The van der Waals surface area contributed by atoms with Gasteiger partial charge in [0.25, 0.3) is 0 Å². The zero-order chi connectivity index (χ0) is 20.8. The first-order valence-corrected chi connectivity index (χ1v) is 9.77. The highest BCUT2D eigenvalue weighted by Gasteiger charge is 2.34. The van der Waals surface area contributed by atoms with E-state index in [4.69, 9.17) is 4.74 Å². The Balaban J connectivity index is 1.54. The van der Waals surface area contributed by atoms with Gasteiger partial charge in [-0.3, -0.25) is 19.3 Å². The van der Waals surface area contributed by atoms with Gasteiger partial charge in [-0.15, -0.1) is 0 Å². The van der Waals surface area contributed by atoms with Gasteiger partial charge in [-0.25, -0.2) is 0 Å². The lowest BCUT2D eigenvalue weighted by atomic mass is 10.1. The van der Waals surface area contributed by atoms with Crippen LogP contribution in [-0.2, 0) is 19.1 Å². The number of methoxy groups -OCH3 is 2. The van der Waals surface area contributed by atoms with E-state index >= 15 is 0 Å². The molecule has 0 spiro atoms. The smallest absolute Gasteiger partial charge is 0.307 e. The Hall–Kier alpha value is -2.81. The number of piperazine rings is 2. The second-order valence-corrected chi connectivity index (χ2v) is 7.12. The number of benzene rings is 1. The molecule has 0 radical (unpaired) electrons. The van der Waals surface area contributed by atoms with E-state index in [9.17, 15) is 14.4 Å². The van der Waals surface area contributed by atoms with Crippen LogP contribution in [0.5, 0.6) is 5.75 Å². The number of nitrogens with one attached hydrogen (secondary N) is 1. The van der Waals surface area contributed by atoms with Crippen LogP contribution in [0.15, 0.2) is 24.3 Å². The number of hydrogen-bond acceptors (Lipinski definition) is 7. The Morgan fingerprint density at radius 2 is 1.76 bits per heavy atom. The number of esters is 1. The maximum atomic E-state index is 12.8. The highest BCUT2D eigenvalue weighted by molar-refractivity contribution is 5.88. The maximum Gasteiger partial charge on any atom is 0.307 e. The van der Waals surface area contributed by atoms with Crippen LogP contribution in [0.2, 0.25) is 0 Å². The first-order chi connectivity index (χ1) is 14.0. The molecule has 0 bridgehead atoms. The van der Waals surface area contributed by atoms with E-state index in [0.717, 1.165) is 24.5 Å². The second kappa shape index (κ2) is 9.60.